The Kier molecular flexibility index (Phi) is 7.95. The van der Waals surface area contributed by atoms with Crippen molar-refractivity contribution in [1.29, 1.82) is 0 Å². The predicted molar refractivity (Wildman–Crippen MR) is 126 cm³/mol. The summed E-state index contributed by atoms with van der Waals surface area (Å²) in [6, 6.07) is 19.8. The molecule has 0 N–H and O–H groups in total. The molecule has 8 heteroatoms. The standard InChI is InChI=1S/C25H25ClF3N2S.ClH/c1-31(2,17-18-7-5-8-20(26)15-18)14-6-13-30-21-9-3-4-10-23(21)32-24-12-11-19(16-22(24)30)25(27,28)29;/h3-5,7-12,15-16H,6,13-14,17H2,1-2H3;1H/q+1;/p-1. The van der Waals surface area contributed by atoms with Gasteiger partial charge in [-0.05, 0) is 42.5 Å². The Morgan fingerprint density at radius 3 is 2.36 bits per heavy atom. The van der Waals surface area contributed by atoms with Crippen molar-refractivity contribution >= 4 is 34.7 Å². The smallest absolute Gasteiger partial charge is 0.416 e. The third kappa shape index (κ3) is 6.18. The van der Waals surface area contributed by atoms with E-state index in [0.717, 1.165) is 44.5 Å². The molecule has 0 atom stereocenters. The quantitative estimate of drug-likeness (QED) is 0.443. The zero-order valence-electron chi connectivity index (χ0n) is 18.4. The van der Waals surface area contributed by atoms with Crippen LogP contribution in [0.5, 0.6) is 0 Å². The van der Waals surface area contributed by atoms with E-state index in [-0.39, 0.29) is 12.4 Å². The van der Waals surface area contributed by atoms with Gasteiger partial charge in [-0.25, -0.2) is 0 Å². The van der Waals surface area contributed by atoms with Gasteiger partial charge in [0.05, 0.1) is 37.6 Å². The van der Waals surface area contributed by atoms with Crippen molar-refractivity contribution in [1.82, 2.24) is 0 Å². The highest BCUT2D eigenvalue weighted by Gasteiger charge is 2.33. The lowest BCUT2D eigenvalue weighted by Crippen LogP contribution is -3.00. The van der Waals surface area contributed by atoms with Gasteiger partial charge in [0.2, 0.25) is 0 Å². The van der Waals surface area contributed by atoms with E-state index in [1.54, 1.807) is 6.07 Å². The van der Waals surface area contributed by atoms with Crippen LogP contribution in [0.15, 0.2) is 76.5 Å². The van der Waals surface area contributed by atoms with Crippen molar-refractivity contribution in [3.8, 4) is 0 Å². The molecule has 0 aromatic heterocycles. The Morgan fingerprint density at radius 2 is 1.64 bits per heavy atom. The summed E-state index contributed by atoms with van der Waals surface area (Å²) in [4.78, 5) is 3.95. The van der Waals surface area contributed by atoms with Gasteiger partial charge in [-0.3, -0.25) is 0 Å². The second kappa shape index (κ2) is 10.2. The number of hydrogen-bond acceptors (Lipinski definition) is 2. The lowest BCUT2D eigenvalue weighted by molar-refractivity contribution is -0.903. The first-order valence-electron chi connectivity index (χ1n) is 10.4. The number of nitrogens with zero attached hydrogens (tertiary/aromatic N) is 2. The Bertz CT molecular complexity index is 1120. The summed E-state index contributed by atoms with van der Waals surface area (Å²) in [6.45, 7) is 2.36. The largest absolute Gasteiger partial charge is 1.00 e. The average Bonchev–Trinajstić information content (AvgIpc) is 2.72. The Morgan fingerprint density at radius 1 is 0.909 bits per heavy atom. The van der Waals surface area contributed by atoms with Gasteiger partial charge in [-0.15, -0.1) is 0 Å². The van der Waals surface area contributed by atoms with E-state index < -0.39 is 11.7 Å². The topological polar surface area (TPSA) is 3.24 Å². The Balaban J connectivity index is 0.00000306. The van der Waals surface area contributed by atoms with Crippen LogP contribution in [0.25, 0.3) is 0 Å². The first-order valence-corrected chi connectivity index (χ1v) is 11.6. The van der Waals surface area contributed by atoms with Gasteiger partial charge in [0.15, 0.2) is 0 Å². The third-order valence-corrected chi connectivity index (χ3v) is 6.96. The first-order chi connectivity index (χ1) is 15.1. The fourth-order valence-electron chi connectivity index (χ4n) is 4.11. The highest BCUT2D eigenvalue weighted by atomic mass is 35.5. The minimum atomic E-state index is -4.36. The molecule has 0 radical (unpaired) electrons. The molecule has 0 amide bonds. The maximum absolute atomic E-state index is 13.4. The molecule has 4 rings (SSSR count). The van der Waals surface area contributed by atoms with Gasteiger partial charge in [-0.2, -0.15) is 13.2 Å². The number of fused-ring (bicyclic) bond motifs is 2. The molecule has 0 aliphatic carbocycles. The molecule has 1 aliphatic rings. The van der Waals surface area contributed by atoms with E-state index in [1.165, 1.54) is 29.5 Å². The number of halogens is 5. The number of quaternary nitrogens is 1. The third-order valence-electron chi connectivity index (χ3n) is 5.60. The monoisotopic (exact) mass is 512 g/mol. The summed E-state index contributed by atoms with van der Waals surface area (Å²) >= 11 is 7.65. The summed E-state index contributed by atoms with van der Waals surface area (Å²) in [7, 11) is 4.33. The Hall–Kier alpha value is -1.86. The van der Waals surface area contributed by atoms with Crippen molar-refractivity contribution in [3.63, 3.8) is 0 Å². The van der Waals surface area contributed by atoms with E-state index in [1.807, 2.05) is 47.4 Å². The van der Waals surface area contributed by atoms with Crippen molar-refractivity contribution in [2.75, 3.05) is 32.1 Å². The number of rotatable bonds is 6. The molecule has 1 heterocycles. The van der Waals surface area contributed by atoms with Crippen molar-refractivity contribution in [2.24, 2.45) is 0 Å². The van der Waals surface area contributed by atoms with Gasteiger partial charge in [0, 0.05) is 33.3 Å². The molecule has 0 fully saturated rings. The van der Waals surface area contributed by atoms with Crippen LogP contribution in [0.2, 0.25) is 5.02 Å². The molecule has 33 heavy (non-hydrogen) atoms. The van der Waals surface area contributed by atoms with Crippen LogP contribution in [-0.4, -0.2) is 31.7 Å². The van der Waals surface area contributed by atoms with E-state index in [2.05, 4.69) is 20.2 Å². The lowest BCUT2D eigenvalue weighted by atomic mass is 10.1. The zero-order chi connectivity index (χ0) is 22.9. The summed E-state index contributed by atoms with van der Waals surface area (Å²) in [5.74, 6) is 0. The normalized spacial score (nSPS) is 13.2. The predicted octanol–water partition coefficient (Wildman–Crippen LogP) is 4.63. The van der Waals surface area contributed by atoms with Gasteiger partial charge in [0.1, 0.15) is 6.54 Å². The molecule has 176 valence electrons. The number of hydrogen-bond donors (Lipinski definition) is 0. The Labute approximate surface area is 208 Å². The average molecular weight is 513 g/mol. The molecule has 0 unspecified atom stereocenters. The SMILES string of the molecule is C[N+](C)(CCCN1c2ccccc2Sc2ccc(C(F)(F)F)cc21)Cc1cccc(Cl)c1.[Cl-]. The zero-order valence-corrected chi connectivity index (χ0v) is 20.7. The van der Waals surface area contributed by atoms with E-state index in [4.69, 9.17) is 11.6 Å². The second-order valence-corrected chi connectivity index (χ2v) is 10.2. The van der Waals surface area contributed by atoms with E-state index in [0.29, 0.717) is 12.2 Å². The molecule has 0 saturated heterocycles. The lowest BCUT2D eigenvalue weighted by Gasteiger charge is -2.35. The van der Waals surface area contributed by atoms with E-state index in [9.17, 15) is 13.2 Å². The minimum Gasteiger partial charge on any atom is -1.00 e. The molecule has 3 aromatic rings. The number of anilines is 2. The maximum atomic E-state index is 13.4. The maximum Gasteiger partial charge on any atom is 0.416 e. The molecular formula is C25H25Cl2F3N2S. The first kappa shape index (κ1) is 25.8. The van der Waals surface area contributed by atoms with Crippen LogP contribution < -0.4 is 17.3 Å². The van der Waals surface area contributed by atoms with Crippen LogP contribution >= 0.6 is 23.4 Å². The highest BCUT2D eigenvalue weighted by Crippen LogP contribution is 2.49. The molecule has 0 spiro atoms. The number of alkyl halides is 3. The van der Waals surface area contributed by atoms with E-state index >= 15 is 0 Å². The second-order valence-electron chi connectivity index (χ2n) is 8.70. The fraction of sp³-hybridized carbons (Fsp3) is 0.280. The van der Waals surface area contributed by atoms with Crippen LogP contribution in [-0.2, 0) is 12.7 Å². The van der Waals surface area contributed by atoms with Crippen molar-refractivity contribution < 1.29 is 30.1 Å². The van der Waals surface area contributed by atoms with Crippen LogP contribution in [0.1, 0.15) is 17.5 Å². The molecule has 2 nitrogen and oxygen atoms in total. The van der Waals surface area contributed by atoms with Crippen molar-refractivity contribution in [2.45, 2.75) is 28.9 Å². The molecule has 0 saturated carbocycles. The highest BCUT2D eigenvalue weighted by molar-refractivity contribution is 7.99. The summed E-state index contributed by atoms with van der Waals surface area (Å²) in [6.07, 6.45) is -3.53. The van der Waals surface area contributed by atoms with Gasteiger partial charge >= 0.3 is 6.18 Å². The summed E-state index contributed by atoms with van der Waals surface area (Å²) in [5.41, 5.74) is 2.15. The van der Waals surface area contributed by atoms with Gasteiger partial charge in [-0.1, -0.05) is 47.6 Å². The summed E-state index contributed by atoms with van der Waals surface area (Å²) in [5, 5.41) is 0.724. The molecule has 0 bridgehead atoms. The van der Waals surface area contributed by atoms with Crippen LogP contribution in [0.3, 0.4) is 0 Å². The molecule has 3 aromatic carbocycles. The van der Waals surface area contributed by atoms with Gasteiger partial charge in [0.25, 0.3) is 0 Å². The van der Waals surface area contributed by atoms with Crippen molar-refractivity contribution in [3.05, 3.63) is 82.9 Å². The van der Waals surface area contributed by atoms with Crippen LogP contribution in [0.4, 0.5) is 24.5 Å². The fourth-order valence-corrected chi connectivity index (χ4v) is 5.40. The molecule has 1 aliphatic heterocycles. The number of benzene rings is 3. The minimum absolute atomic E-state index is 0. The summed E-state index contributed by atoms with van der Waals surface area (Å²) < 4.78 is 40.9. The molecular weight excluding hydrogens is 488 g/mol. The van der Waals surface area contributed by atoms with Crippen LogP contribution in [0, 0.1) is 0 Å². The van der Waals surface area contributed by atoms with Gasteiger partial charge < -0.3 is 21.8 Å². The number of para-hydroxylation sites is 1.